The normalized spacial score (nSPS) is 19.1. The lowest BCUT2D eigenvalue weighted by molar-refractivity contribution is 0.559. The fourth-order valence-electron chi connectivity index (χ4n) is 2.59. The van der Waals surface area contributed by atoms with Crippen LogP contribution in [-0.2, 0) is 6.42 Å². The van der Waals surface area contributed by atoms with Gasteiger partial charge in [-0.3, -0.25) is 0 Å². The number of hydrogen-bond acceptors (Lipinski definition) is 1. The van der Waals surface area contributed by atoms with Crippen molar-refractivity contribution >= 4 is 21.6 Å². The topological polar surface area (TPSA) is 3.24 Å². The van der Waals surface area contributed by atoms with E-state index in [9.17, 15) is 4.39 Å². The molecule has 1 aliphatic heterocycles. The van der Waals surface area contributed by atoms with Crippen LogP contribution in [0.5, 0.6) is 0 Å². The molecule has 0 aliphatic carbocycles. The number of benzene rings is 1. The summed E-state index contributed by atoms with van der Waals surface area (Å²) in [5.74, 6) is -0.160. The molecule has 1 nitrogen and oxygen atoms in total. The number of halogens is 2. The second kappa shape index (κ2) is 4.45. The van der Waals surface area contributed by atoms with Crippen LogP contribution in [0, 0.1) is 12.7 Å². The number of anilines is 1. The highest BCUT2D eigenvalue weighted by molar-refractivity contribution is 9.10. The minimum atomic E-state index is -0.160. The molecule has 0 aromatic heterocycles. The molecule has 1 heterocycles. The van der Waals surface area contributed by atoms with Crippen LogP contribution in [0.15, 0.2) is 22.8 Å². The molecule has 1 aromatic rings. The Hall–Kier alpha value is -0.830. The first kappa shape index (κ1) is 12.6. The quantitative estimate of drug-likeness (QED) is 0.734. The van der Waals surface area contributed by atoms with Crippen LogP contribution in [0.3, 0.4) is 0 Å². The summed E-state index contributed by atoms with van der Waals surface area (Å²) >= 11 is 3.42. The largest absolute Gasteiger partial charge is 0.341 e. The number of nitrogens with zero attached hydrogens (tertiary/aromatic N) is 1. The molecule has 0 amide bonds. The van der Waals surface area contributed by atoms with Crippen molar-refractivity contribution in [3.8, 4) is 0 Å². The average molecular weight is 298 g/mol. The summed E-state index contributed by atoms with van der Waals surface area (Å²) in [6.45, 7) is 10.1. The predicted octanol–water partition coefficient (Wildman–Crippen LogP) is 4.57. The van der Waals surface area contributed by atoms with Crippen LogP contribution in [0.2, 0.25) is 0 Å². The Balaban J connectivity index is 2.67. The Morgan fingerprint density at radius 1 is 1.59 bits per heavy atom. The lowest BCUT2D eigenvalue weighted by atomic mass is 9.92. The zero-order valence-corrected chi connectivity index (χ0v) is 12.1. The summed E-state index contributed by atoms with van der Waals surface area (Å²) in [6, 6.07) is 1.87. The highest BCUT2D eigenvalue weighted by atomic mass is 79.9. The molecule has 1 aromatic carbocycles. The first-order valence-corrected chi connectivity index (χ1v) is 6.65. The van der Waals surface area contributed by atoms with E-state index in [-0.39, 0.29) is 5.82 Å². The van der Waals surface area contributed by atoms with Crippen molar-refractivity contribution in [1.29, 1.82) is 0 Å². The summed E-state index contributed by atoms with van der Waals surface area (Å²) < 4.78 is 15.0. The van der Waals surface area contributed by atoms with E-state index in [0.717, 1.165) is 39.8 Å². The standard InChI is InChI=1S/C14H17BrFN/c1-8(2)17-9(3)5-6-11-10(4)12(15)7-13(16)14(11)17/h7,9H,1,5-6H2,2-4H3. The van der Waals surface area contributed by atoms with Crippen molar-refractivity contribution in [2.24, 2.45) is 0 Å². The first-order valence-electron chi connectivity index (χ1n) is 5.85. The second-order valence-corrected chi connectivity index (χ2v) is 5.64. The van der Waals surface area contributed by atoms with Gasteiger partial charge in [0.05, 0.1) is 5.69 Å². The monoisotopic (exact) mass is 297 g/mol. The smallest absolute Gasteiger partial charge is 0.148 e. The molecule has 1 atom stereocenters. The minimum absolute atomic E-state index is 0.160. The molecule has 0 spiro atoms. The van der Waals surface area contributed by atoms with Crippen LogP contribution in [0.1, 0.15) is 31.4 Å². The van der Waals surface area contributed by atoms with Crippen molar-refractivity contribution in [2.45, 2.75) is 39.7 Å². The van der Waals surface area contributed by atoms with Gasteiger partial charge in [-0.15, -0.1) is 0 Å². The predicted molar refractivity (Wildman–Crippen MR) is 73.9 cm³/mol. The molecule has 0 saturated carbocycles. The molecule has 0 N–H and O–H groups in total. The van der Waals surface area contributed by atoms with Crippen molar-refractivity contribution in [3.63, 3.8) is 0 Å². The van der Waals surface area contributed by atoms with Gasteiger partial charge >= 0.3 is 0 Å². The second-order valence-electron chi connectivity index (χ2n) is 4.79. The Kier molecular flexibility index (Phi) is 3.30. The molecule has 1 aliphatic rings. The van der Waals surface area contributed by atoms with Crippen molar-refractivity contribution in [3.05, 3.63) is 39.8 Å². The molecule has 92 valence electrons. The molecule has 0 saturated heterocycles. The van der Waals surface area contributed by atoms with Crippen molar-refractivity contribution < 1.29 is 4.39 Å². The van der Waals surface area contributed by atoms with Gasteiger partial charge in [0.25, 0.3) is 0 Å². The van der Waals surface area contributed by atoms with E-state index in [0.29, 0.717) is 6.04 Å². The highest BCUT2D eigenvalue weighted by Gasteiger charge is 2.28. The van der Waals surface area contributed by atoms with Gasteiger partial charge in [-0.1, -0.05) is 22.5 Å². The van der Waals surface area contributed by atoms with E-state index in [1.54, 1.807) is 6.07 Å². The first-order chi connectivity index (χ1) is 7.93. The molecule has 0 bridgehead atoms. The van der Waals surface area contributed by atoms with Crippen LogP contribution in [-0.4, -0.2) is 6.04 Å². The molecular formula is C14H17BrFN. The molecule has 17 heavy (non-hydrogen) atoms. The third-order valence-corrected chi connectivity index (χ3v) is 4.31. The van der Waals surface area contributed by atoms with Crippen LogP contribution in [0.4, 0.5) is 10.1 Å². The minimum Gasteiger partial charge on any atom is -0.341 e. The third-order valence-electron chi connectivity index (χ3n) is 3.48. The Bertz CT molecular complexity index is 482. The molecule has 0 radical (unpaired) electrons. The van der Waals surface area contributed by atoms with E-state index in [1.807, 2.05) is 18.7 Å². The summed E-state index contributed by atoms with van der Waals surface area (Å²) in [4.78, 5) is 2.02. The van der Waals surface area contributed by atoms with E-state index in [2.05, 4.69) is 29.4 Å². The van der Waals surface area contributed by atoms with Gasteiger partial charge in [0.2, 0.25) is 0 Å². The van der Waals surface area contributed by atoms with E-state index >= 15 is 0 Å². The molecule has 0 fully saturated rings. The maximum Gasteiger partial charge on any atom is 0.148 e. The lowest BCUT2D eigenvalue weighted by Crippen LogP contribution is -2.36. The molecule has 2 rings (SSSR count). The molecule has 3 heteroatoms. The van der Waals surface area contributed by atoms with Gasteiger partial charge in [0.1, 0.15) is 5.82 Å². The van der Waals surface area contributed by atoms with Gasteiger partial charge in [0, 0.05) is 16.2 Å². The van der Waals surface area contributed by atoms with Gasteiger partial charge in [-0.05, 0) is 50.8 Å². The SMILES string of the molecule is C=C(C)N1c2c(F)cc(Br)c(C)c2CCC1C. The number of fused-ring (bicyclic) bond motifs is 1. The van der Waals surface area contributed by atoms with Crippen LogP contribution < -0.4 is 4.90 Å². The number of allylic oxidation sites excluding steroid dienone is 1. The van der Waals surface area contributed by atoms with Crippen molar-refractivity contribution in [1.82, 2.24) is 0 Å². The fraction of sp³-hybridized carbons (Fsp3) is 0.429. The average Bonchev–Trinajstić information content (AvgIpc) is 2.25. The lowest BCUT2D eigenvalue weighted by Gasteiger charge is -2.38. The molecular weight excluding hydrogens is 281 g/mol. The Morgan fingerprint density at radius 3 is 2.82 bits per heavy atom. The van der Waals surface area contributed by atoms with E-state index < -0.39 is 0 Å². The van der Waals surface area contributed by atoms with Gasteiger partial charge in [0.15, 0.2) is 0 Å². The Labute approximate surface area is 110 Å². The summed E-state index contributed by atoms with van der Waals surface area (Å²) in [6.07, 6.45) is 1.97. The van der Waals surface area contributed by atoms with Crippen LogP contribution >= 0.6 is 15.9 Å². The fourth-order valence-corrected chi connectivity index (χ4v) is 3.03. The van der Waals surface area contributed by atoms with E-state index in [1.165, 1.54) is 0 Å². The summed E-state index contributed by atoms with van der Waals surface area (Å²) in [5, 5.41) is 0. The van der Waals surface area contributed by atoms with E-state index in [4.69, 9.17) is 0 Å². The maximum atomic E-state index is 14.2. The highest BCUT2D eigenvalue weighted by Crippen LogP contribution is 2.39. The maximum absolute atomic E-state index is 14.2. The number of rotatable bonds is 1. The van der Waals surface area contributed by atoms with Crippen LogP contribution in [0.25, 0.3) is 0 Å². The van der Waals surface area contributed by atoms with Gasteiger partial charge in [-0.2, -0.15) is 0 Å². The summed E-state index contributed by atoms with van der Waals surface area (Å²) in [5.41, 5.74) is 3.87. The Morgan fingerprint density at radius 2 is 2.24 bits per heavy atom. The van der Waals surface area contributed by atoms with Crippen molar-refractivity contribution in [2.75, 3.05) is 4.90 Å². The summed E-state index contributed by atoms with van der Waals surface area (Å²) in [7, 11) is 0. The van der Waals surface area contributed by atoms with Gasteiger partial charge in [-0.25, -0.2) is 4.39 Å². The molecule has 1 unspecified atom stereocenters. The zero-order chi connectivity index (χ0) is 12.7. The zero-order valence-electron chi connectivity index (χ0n) is 10.5. The number of hydrogen-bond donors (Lipinski definition) is 0. The van der Waals surface area contributed by atoms with Gasteiger partial charge < -0.3 is 4.90 Å². The third kappa shape index (κ3) is 2.01.